The third-order valence-corrected chi connectivity index (χ3v) is 6.67. The number of hydrogen-bond acceptors (Lipinski definition) is 3. The van der Waals surface area contributed by atoms with Crippen molar-refractivity contribution in [2.45, 2.75) is 38.3 Å². The fourth-order valence-corrected chi connectivity index (χ4v) is 5.32. The Balaban J connectivity index is 1.57. The van der Waals surface area contributed by atoms with Crippen LogP contribution in [0, 0.1) is 0 Å². The lowest BCUT2D eigenvalue weighted by Crippen LogP contribution is -2.26. The molecule has 2 heterocycles. The summed E-state index contributed by atoms with van der Waals surface area (Å²) < 4.78 is 1.39. The Morgan fingerprint density at radius 2 is 2.14 bits per heavy atom. The third kappa shape index (κ3) is 2.54. The maximum absolute atomic E-state index is 3.86. The molecular weight excluding hydrogens is 294 g/mol. The van der Waals surface area contributed by atoms with Crippen LogP contribution in [-0.4, -0.2) is 0 Å². The van der Waals surface area contributed by atoms with Crippen LogP contribution < -0.4 is 5.32 Å². The van der Waals surface area contributed by atoms with Crippen LogP contribution in [-0.2, 0) is 6.42 Å². The maximum atomic E-state index is 3.86. The largest absolute Gasteiger partial charge is 0.303 e. The molecular formula is C18H19NS2. The lowest BCUT2D eigenvalue weighted by Gasteiger charge is -2.26. The second kappa shape index (κ2) is 5.56. The van der Waals surface area contributed by atoms with Gasteiger partial charge in [0.1, 0.15) is 0 Å². The number of benzene rings is 1. The predicted molar refractivity (Wildman–Crippen MR) is 93.4 cm³/mol. The second-order valence-corrected chi connectivity index (χ2v) is 7.93. The molecule has 108 valence electrons. The van der Waals surface area contributed by atoms with Gasteiger partial charge in [0.2, 0.25) is 0 Å². The summed E-state index contributed by atoms with van der Waals surface area (Å²) in [4.78, 5) is 3.03. The van der Waals surface area contributed by atoms with Crippen LogP contribution in [0.5, 0.6) is 0 Å². The Hall–Kier alpha value is -1.16. The van der Waals surface area contributed by atoms with Gasteiger partial charge in [-0.25, -0.2) is 0 Å². The van der Waals surface area contributed by atoms with Crippen LogP contribution in [0.25, 0.3) is 10.1 Å². The molecule has 3 aromatic rings. The van der Waals surface area contributed by atoms with Crippen molar-refractivity contribution in [3.05, 3.63) is 57.1 Å². The smallest absolute Gasteiger partial charge is 0.0391 e. The number of hydrogen-bond donors (Lipinski definition) is 1. The van der Waals surface area contributed by atoms with E-state index in [9.17, 15) is 0 Å². The van der Waals surface area contributed by atoms with Gasteiger partial charge in [-0.05, 0) is 60.7 Å². The Morgan fingerprint density at radius 3 is 3.05 bits per heavy atom. The first kappa shape index (κ1) is 13.5. The van der Waals surface area contributed by atoms with Gasteiger partial charge in [0.25, 0.3) is 0 Å². The van der Waals surface area contributed by atoms with Gasteiger partial charge in [-0.15, -0.1) is 22.7 Å². The van der Waals surface area contributed by atoms with Crippen molar-refractivity contribution in [3.8, 4) is 0 Å². The summed E-state index contributed by atoms with van der Waals surface area (Å²) in [5.74, 6) is 0. The zero-order chi connectivity index (χ0) is 14.2. The number of aryl methyl sites for hydroxylation is 1. The predicted octanol–water partition coefficient (Wildman–Crippen LogP) is 5.69. The molecule has 1 aromatic carbocycles. The van der Waals surface area contributed by atoms with Crippen molar-refractivity contribution in [1.29, 1.82) is 0 Å². The standard InChI is InChI=1S/C18H19NS2/c1-12(18-11-13-5-2-3-7-16(13)21-18)19-15-6-4-8-17-14(15)9-10-20-17/h2-3,5,7,9-12,15,19H,4,6,8H2,1H3. The van der Waals surface area contributed by atoms with Crippen LogP contribution in [0.2, 0.25) is 0 Å². The summed E-state index contributed by atoms with van der Waals surface area (Å²) in [6.45, 7) is 2.30. The van der Waals surface area contributed by atoms with E-state index in [1.165, 1.54) is 34.2 Å². The van der Waals surface area contributed by atoms with E-state index in [1.54, 1.807) is 10.4 Å². The second-order valence-electron chi connectivity index (χ2n) is 5.82. The van der Waals surface area contributed by atoms with Crippen molar-refractivity contribution in [1.82, 2.24) is 5.32 Å². The van der Waals surface area contributed by atoms with Crippen LogP contribution in [0.3, 0.4) is 0 Å². The van der Waals surface area contributed by atoms with E-state index < -0.39 is 0 Å². The summed E-state index contributed by atoms with van der Waals surface area (Å²) in [6.07, 6.45) is 3.84. The Kier molecular flexibility index (Phi) is 3.57. The summed E-state index contributed by atoms with van der Waals surface area (Å²) in [5, 5.41) is 7.47. The zero-order valence-electron chi connectivity index (χ0n) is 12.1. The molecule has 0 saturated carbocycles. The first-order valence-corrected chi connectivity index (χ1v) is 9.31. The van der Waals surface area contributed by atoms with Gasteiger partial charge < -0.3 is 5.32 Å². The number of nitrogens with one attached hydrogen (secondary N) is 1. The highest BCUT2D eigenvalue weighted by atomic mass is 32.1. The molecule has 21 heavy (non-hydrogen) atoms. The Labute approximate surface area is 133 Å². The Bertz CT molecular complexity index is 722. The highest BCUT2D eigenvalue weighted by molar-refractivity contribution is 7.19. The summed E-state index contributed by atoms with van der Waals surface area (Å²) >= 11 is 3.84. The molecule has 3 heteroatoms. The first-order valence-electron chi connectivity index (χ1n) is 7.62. The van der Waals surface area contributed by atoms with Gasteiger partial charge in [0.05, 0.1) is 0 Å². The molecule has 2 unspecified atom stereocenters. The molecule has 0 amide bonds. The molecule has 0 aliphatic heterocycles. The van der Waals surface area contributed by atoms with Crippen LogP contribution in [0.4, 0.5) is 0 Å². The molecule has 0 saturated heterocycles. The minimum atomic E-state index is 0.415. The fraction of sp³-hybridized carbons (Fsp3) is 0.333. The molecule has 1 N–H and O–H groups in total. The Morgan fingerprint density at radius 1 is 1.24 bits per heavy atom. The average molecular weight is 313 g/mol. The molecule has 0 bridgehead atoms. The normalized spacial score (nSPS) is 19.6. The van der Waals surface area contributed by atoms with Gasteiger partial charge in [0, 0.05) is 26.5 Å². The molecule has 2 atom stereocenters. The summed E-state index contributed by atoms with van der Waals surface area (Å²) in [5.41, 5.74) is 1.54. The monoisotopic (exact) mass is 313 g/mol. The van der Waals surface area contributed by atoms with Gasteiger partial charge >= 0.3 is 0 Å². The summed E-state index contributed by atoms with van der Waals surface area (Å²) in [6, 6.07) is 14.3. The van der Waals surface area contributed by atoms with Crippen molar-refractivity contribution in [2.75, 3.05) is 0 Å². The van der Waals surface area contributed by atoms with Crippen molar-refractivity contribution in [2.24, 2.45) is 0 Å². The molecule has 0 fully saturated rings. The highest BCUT2D eigenvalue weighted by Crippen LogP contribution is 2.36. The zero-order valence-corrected chi connectivity index (χ0v) is 13.8. The molecule has 0 radical (unpaired) electrons. The van der Waals surface area contributed by atoms with E-state index in [0.29, 0.717) is 12.1 Å². The SMILES string of the molecule is CC(NC1CCCc2sccc21)c1cc2ccccc2s1. The molecule has 1 aliphatic carbocycles. The van der Waals surface area contributed by atoms with Crippen molar-refractivity contribution >= 4 is 32.8 Å². The molecule has 0 spiro atoms. The maximum Gasteiger partial charge on any atom is 0.0391 e. The minimum Gasteiger partial charge on any atom is -0.303 e. The molecule has 4 rings (SSSR count). The molecule has 1 aliphatic rings. The minimum absolute atomic E-state index is 0.415. The fourth-order valence-electron chi connectivity index (χ4n) is 3.26. The van der Waals surface area contributed by atoms with Gasteiger partial charge in [-0.1, -0.05) is 18.2 Å². The lowest BCUT2D eigenvalue weighted by molar-refractivity contribution is 0.421. The van der Waals surface area contributed by atoms with Gasteiger partial charge in [-0.2, -0.15) is 0 Å². The third-order valence-electron chi connectivity index (χ3n) is 4.37. The quantitative estimate of drug-likeness (QED) is 0.655. The highest BCUT2D eigenvalue weighted by Gasteiger charge is 2.23. The van der Waals surface area contributed by atoms with Crippen molar-refractivity contribution in [3.63, 3.8) is 0 Å². The average Bonchev–Trinajstić information content (AvgIpc) is 3.14. The molecule has 1 nitrogen and oxygen atoms in total. The lowest BCUT2D eigenvalue weighted by atomic mass is 9.93. The van der Waals surface area contributed by atoms with Crippen LogP contribution in [0.1, 0.15) is 47.2 Å². The van der Waals surface area contributed by atoms with E-state index in [0.717, 1.165) is 0 Å². The van der Waals surface area contributed by atoms with E-state index in [4.69, 9.17) is 0 Å². The first-order chi connectivity index (χ1) is 10.3. The number of fused-ring (bicyclic) bond motifs is 2. The van der Waals surface area contributed by atoms with Crippen LogP contribution >= 0.6 is 22.7 Å². The molecule has 2 aromatic heterocycles. The van der Waals surface area contributed by atoms with E-state index >= 15 is 0 Å². The van der Waals surface area contributed by atoms with Gasteiger partial charge in [0.15, 0.2) is 0 Å². The van der Waals surface area contributed by atoms with Crippen LogP contribution in [0.15, 0.2) is 41.8 Å². The van der Waals surface area contributed by atoms with Crippen molar-refractivity contribution < 1.29 is 0 Å². The topological polar surface area (TPSA) is 12.0 Å². The van der Waals surface area contributed by atoms with E-state index in [-0.39, 0.29) is 0 Å². The number of rotatable bonds is 3. The van der Waals surface area contributed by atoms with Gasteiger partial charge in [-0.3, -0.25) is 0 Å². The number of thiophene rings is 2. The van der Waals surface area contributed by atoms with E-state index in [2.05, 4.69) is 54.0 Å². The summed E-state index contributed by atoms with van der Waals surface area (Å²) in [7, 11) is 0. The van der Waals surface area contributed by atoms with E-state index in [1.807, 2.05) is 22.7 Å².